The van der Waals surface area contributed by atoms with Gasteiger partial charge in [-0.25, -0.2) is 0 Å². The van der Waals surface area contributed by atoms with E-state index < -0.39 is 0 Å². The monoisotopic (exact) mass is 283 g/mol. The first-order valence-electron chi connectivity index (χ1n) is 5.29. The summed E-state index contributed by atoms with van der Waals surface area (Å²) in [5.41, 5.74) is 1.17. The molecule has 0 aromatic heterocycles. The molecule has 2 unspecified atom stereocenters. The third kappa shape index (κ3) is 2.13. The van der Waals surface area contributed by atoms with Crippen LogP contribution in [0.25, 0.3) is 0 Å². The molecule has 1 aromatic carbocycles. The second-order valence-electron chi connectivity index (χ2n) is 3.87. The van der Waals surface area contributed by atoms with Crippen molar-refractivity contribution in [1.82, 2.24) is 5.32 Å². The van der Waals surface area contributed by atoms with Crippen molar-refractivity contribution >= 4 is 21.9 Å². The summed E-state index contributed by atoms with van der Waals surface area (Å²) in [7, 11) is 1.43. The summed E-state index contributed by atoms with van der Waals surface area (Å²) in [5.74, 6) is 0.0151. The molecule has 0 amide bonds. The van der Waals surface area contributed by atoms with Crippen molar-refractivity contribution in [3.8, 4) is 0 Å². The molecule has 2 rings (SSSR count). The number of nitrogens with one attached hydrogen (secondary N) is 1. The number of hydrogen-bond acceptors (Lipinski definition) is 3. The maximum absolute atomic E-state index is 11.6. The van der Waals surface area contributed by atoms with Gasteiger partial charge in [0.15, 0.2) is 0 Å². The summed E-state index contributed by atoms with van der Waals surface area (Å²) in [6.45, 7) is 0.853. The van der Waals surface area contributed by atoms with Gasteiger partial charge in [0.2, 0.25) is 0 Å². The number of rotatable bonds is 2. The molecular formula is C12H14BrNO2. The number of ether oxygens (including phenoxy) is 1. The van der Waals surface area contributed by atoms with Gasteiger partial charge in [-0.2, -0.15) is 0 Å². The summed E-state index contributed by atoms with van der Waals surface area (Å²) in [6, 6.07) is 7.80. The molecule has 0 spiro atoms. The van der Waals surface area contributed by atoms with Gasteiger partial charge in [0.25, 0.3) is 0 Å². The molecule has 1 saturated heterocycles. The molecule has 1 N–H and O–H groups in total. The number of halogens is 1. The smallest absolute Gasteiger partial charge is 0.323 e. The Bertz CT molecular complexity index is 394. The molecule has 0 aliphatic carbocycles. The summed E-state index contributed by atoms with van der Waals surface area (Å²) in [4.78, 5) is 11.6. The minimum Gasteiger partial charge on any atom is -0.468 e. The van der Waals surface area contributed by atoms with Crippen LogP contribution in [0.15, 0.2) is 28.7 Å². The highest BCUT2D eigenvalue weighted by Crippen LogP contribution is 2.33. The lowest BCUT2D eigenvalue weighted by Gasteiger charge is -2.18. The fraction of sp³-hybridized carbons (Fsp3) is 0.417. The predicted molar refractivity (Wildman–Crippen MR) is 65.3 cm³/mol. The predicted octanol–water partition coefficient (Wildman–Crippen LogP) is 2.07. The van der Waals surface area contributed by atoms with E-state index in [4.69, 9.17) is 4.74 Å². The van der Waals surface area contributed by atoms with E-state index >= 15 is 0 Å². The van der Waals surface area contributed by atoms with Crippen LogP contribution >= 0.6 is 15.9 Å². The number of carbonyl (C=O) groups excluding carboxylic acids is 1. The van der Waals surface area contributed by atoms with E-state index in [9.17, 15) is 4.79 Å². The van der Waals surface area contributed by atoms with Gasteiger partial charge >= 0.3 is 5.97 Å². The molecule has 1 aliphatic heterocycles. The lowest BCUT2D eigenvalue weighted by molar-refractivity contribution is -0.143. The van der Waals surface area contributed by atoms with Gasteiger partial charge in [0.05, 0.1) is 7.11 Å². The Morgan fingerprint density at radius 2 is 2.25 bits per heavy atom. The number of hydrogen-bond donors (Lipinski definition) is 1. The number of methoxy groups -OCH3 is 1. The van der Waals surface area contributed by atoms with Crippen LogP contribution in [-0.2, 0) is 9.53 Å². The SMILES string of the molecule is COC(=O)C1NCCC1c1ccccc1Br. The quantitative estimate of drug-likeness (QED) is 0.845. The zero-order valence-electron chi connectivity index (χ0n) is 9.07. The first-order chi connectivity index (χ1) is 7.74. The van der Waals surface area contributed by atoms with E-state index in [2.05, 4.69) is 27.3 Å². The van der Waals surface area contributed by atoms with Crippen molar-refractivity contribution in [2.45, 2.75) is 18.4 Å². The fourth-order valence-corrected chi connectivity index (χ4v) is 2.77. The second-order valence-corrected chi connectivity index (χ2v) is 4.73. The molecule has 2 atom stereocenters. The van der Waals surface area contributed by atoms with Crippen molar-refractivity contribution in [2.24, 2.45) is 0 Å². The normalized spacial score (nSPS) is 24.4. The first-order valence-corrected chi connectivity index (χ1v) is 6.09. The van der Waals surface area contributed by atoms with Crippen LogP contribution in [-0.4, -0.2) is 25.7 Å². The lowest BCUT2D eigenvalue weighted by atomic mass is 9.92. The van der Waals surface area contributed by atoms with Crippen LogP contribution < -0.4 is 5.32 Å². The maximum Gasteiger partial charge on any atom is 0.323 e. The highest BCUT2D eigenvalue weighted by Gasteiger charge is 2.35. The molecule has 0 bridgehead atoms. The van der Waals surface area contributed by atoms with E-state index in [-0.39, 0.29) is 17.9 Å². The Hall–Kier alpha value is -0.870. The van der Waals surface area contributed by atoms with Crippen LogP contribution in [0.2, 0.25) is 0 Å². The third-order valence-corrected chi connectivity index (χ3v) is 3.70. The van der Waals surface area contributed by atoms with Gasteiger partial charge < -0.3 is 10.1 Å². The van der Waals surface area contributed by atoms with Crippen molar-refractivity contribution in [1.29, 1.82) is 0 Å². The Morgan fingerprint density at radius 3 is 2.94 bits per heavy atom. The summed E-state index contributed by atoms with van der Waals surface area (Å²) in [5, 5.41) is 3.19. The largest absolute Gasteiger partial charge is 0.468 e. The van der Waals surface area contributed by atoms with E-state index in [0.29, 0.717) is 0 Å². The van der Waals surface area contributed by atoms with Crippen LogP contribution in [0.3, 0.4) is 0 Å². The zero-order valence-corrected chi connectivity index (χ0v) is 10.7. The molecule has 0 saturated carbocycles. The third-order valence-electron chi connectivity index (χ3n) is 2.98. The molecule has 1 fully saturated rings. The molecule has 4 heteroatoms. The highest BCUT2D eigenvalue weighted by molar-refractivity contribution is 9.10. The van der Waals surface area contributed by atoms with Crippen molar-refractivity contribution < 1.29 is 9.53 Å². The van der Waals surface area contributed by atoms with E-state index in [1.807, 2.05) is 18.2 Å². The topological polar surface area (TPSA) is 38.3 Å². The number of benzene rings is 1. The Balaban J connectivity index is 2.27. The molecule has 1 aliphatic rings. The highest BCUT2D eigenvalue weighted by atomic mass is 79.9. The molecule has 1 heterocycles. The zero-order chi connectivity index (χ0) is 11.5. The Labute approximate surface area is 103 Å². The minimum absolute atomic E-state index is 0.182. The molecule has 3 nitrogen and oxygen atoms in total. The summed E-state index contributed by atoms with van der Waals surface area (Å²) in [6.07, 6.45) is 0.961. The Kier molecular flexibility index (Phi) is 3.61. The lowest BCUT2D eigenvalue weighted by Crippen LogP contribution is -2.35. The second kappa shape index (κ2) is 4.97. The summed E-state index contributed by atoms with van der Waals surface area (Å²) >= 11 is 3.52. The average Bonchev–Trinajstić information content (AvgIpc) is 2.77. The van der Waals surface area contributed by atoms with Gasteiger partial charge in [-0.05, 0) is 24.6 Å². The number of carbonyl (C=O) groups is 1. The first kappa shape index (κ1) is 11.6. The molecule has 86 valence electrons. The van der Waals surface area contributed by atoms with Crippen LogP contribution in [0.4, 0.5) is 0 Å². The van der Waals surface area contributed by atoms with Gasteiger partial charge in [-0.15, -0.1) is 0 Å². The standard InChI is InChI=1S/C12H14BrNO2/c1-16-12(15)11-9(6-7-14-11)8-4-2-3-5-10(8)13/h2-5,9,11,14H,6-7H2,1H3. The fourth-order valence-electron chi connectivity index (χ4n) is 2.19. The summed E-state index contributed by atoms with van der Waals surface area (Å²) < 4.78 is 5.86. The molecular weight excluding hydrogens is 270 g/mol. The average molecular weight is 284 g/mol. The van der Waals surface area contributed by atoms with Crippen molar-refractivity contribution in [3.63, 3.8) is 0 Å². The van der Waals surface area contributed by atoms with Crippen LogP contribution in [0, 0.1) is 0 Å². The van der Waals surface area contributed by atoms with E-state index in [1.54, 1.807) is 0 Å². The van der Waals surface area contributed by atoms with Gasteiger partial charge in [0.1, 0.15) is 6.04 Å². The Morgan fingerprint density at radius 1 is 1.50 bits per heavy atom. The molecule has 16 heavy (non-hydrogen) atoms. The van der Waals surface area contributed by atoms with Crippen LogP contribution in [0.1, 0.15) is 17.9 Å². The van der Waals surface area contributed by atoms with Crippen molar-refractivity contribution in [3.05, 3.63) is 34.3 Å². The van der Waals surface area contributed by atoms with Crippen LogP contribution in [0.5, 0.6) is 0 Å². The van der Waals surface area contributed by atoms with Gasteiger partial charge in [-0.1, -0.05) is 34.1 Å². The van der Waals surface area contributed by atoms with Gasteiger partial charge in [-0.3, -0.25) is 4.79 Å². The molecule has 0 radical (unpaired) electrons. The van der Waals surface area contributed by atoms with E-state index in [0.717, 1.165) is 17.4 Å². The molecule has 1 aromatic rings. The number of esters is 1. The maximum atomic E-state index is 11.6. The van der Waals surface area contributed by atoms with E-state index in [1.165, 1.54) is 12.7 Å². The van der Waals surface area contributed by atoms with Gasteiger partial charge in [0, 0.05) is 10.4 Å². The minimum atomic E-state index is -0.219. The van der Waals surface area contributed by atoms with Crippen molar-refractivity contribution in [2.75, 3.05) is 13.7 Å².